The van der Waals surface area contributed by atoms with E-state index in [1.807, 2.05) is 24.7 Å². The maximum absolute atomic E-state index is 13.8. The zero-order valence-corrected chi connectivity index (χ0v) is 17.3. The van der Waals surface area contributed by atoms with E-state index in [4.69, 9.17) is 9.15 Å². The number of amides is 1. The van der Waals surface area contributed by atoms with Crippen LogP contribution in [-0.2, 0) is 6.54 Å². The quantitative estimate of drug-likeness (QED) is 0.493. The molecule has 0 aliphatic rings. The van der Waals surface area contributed by atoms with Crippen LogP contribution in [0.25, 0.3) is 11.5 Å². The van der Waals surface area contributed by atoms with Gasteiger partial charge in [0.1, 0.15) is 11.5 Å². The van der Waals surface area contributed by atoms with Gasteiger partial charge in [-0.1, -0.05) is 0 Å². The Bertz CT molecular complexity index is 1230. The molecular weight excluding hydrogens is 399 g/mol. The second kappa shape index (κ2) is 8.43. The Morgan fingerprint density at radius 1 is 1.19 bits per heavy atom. The predicted molar refractivity (Wildman–Crippen MR) is 114 cm³/mol. The first-order chi connectivity index (χ1) is 14.9. The number of carbonyl (C=O) groups excluding carboxylic acids is 1. The van der Waals surface area contributed by atoms with Crippen molar-refractivity contribution in [1.29, 1.82) is 0 Å². The number of ether oxygens (including phenoxy) is 1. The molecule has 0 aliphatic carbocycles. The Labute approximate surface area is 178 Å². The molecule has 158 valence electrons. The largest absolute Gasteiger partial charge is 0.494 e. The minimum absolute atomic E-state index is 0.0872. The molecule has 0 saturated carbocycles. The normalized spacial score (nSPS) is 10.8. The van der Waals surface area contributed by atoms with Crippen LogP contribution in [0.4, 0.5) is 10.1 Å². The highest BCUT2D eigenvalue weighted by Crippen LogP contribution is 2.24. The van der Waals surface area contributed by atoms with Crippen molar-refractivity contribution in [3.63, 3.8) is 0 Å². The minimum atomic E-state index is -0.592. The molecule has 2 heterocycles. The van der Waals surface area contributed by atoms with E-state index in [1.165, 1.54) is 19.2 Å². The number of methoxy groups -OCH3 is 1. The summed E-state index contributed by atoms with van der Waals surface area (Å²) in [4.78, 5) is 17.0. The molecule has 4 aromatic rings. The molecule has 7 nitrogen and oxygen atoms in total. The van der Waals surface area contributed by atoms with Gasteiger partial charge in [-0.25, -0.2) is 9.37 Å². The fraction of sp³-hybridized carbons (Fsp3) is 0.174. The smallest absolute Gasteiger partial charge is 0.255 e. The average Bonchev–Trinajstić information content (AvgIpc) is 3.34. The van der Waals surface area contributed by atoms with Gasteiger partial charge in [-0.05, 0) is 61.9 Å². The van der Waals surface area contributed by atoms with Gasteiger partial charge < -0.3 is 14.5 Å². The van der Waals surface area contributed by atoms with Gasteiger partial charge in [0.25, 0.3) is 5.91 Å². The molecule has 4 rings (SSSR count). The first-order valence-electron chi connectivity index (χ1n) is 9.63. The van der Waals surface area contributed by atoms with Crippen LogP contribution in [0.15, 0.2) is 59.3 Å². The zero-order valence-electron chi connectivity index (χ0n) is 17.3. The summed E-state index contributed by atoms with van der Waals surface area (Å²) in [5.74, 6) is 0.293. The lowest BCUT2D eigenvalue weighted by molar-refractivity contribution is 0.102. The third-order valence-corrected chi connectivity index (χ3v) is 4.77. The van der Waals surface area contributed by atoms with Gasteiger partial charge in [-0.15, -0.1) is 0 Å². The highest BCUT2D eigenvalue weighted by Gasteiger charge is 2.14. The van der Waals surface area contributed by atoms with E-state index >= 15 is 0 Å². The van der Waals surface area contributed by atoms with Crippen molar-refractivity contribution in [1.82, 2.24) is 14.8 Å². The van der Waals surface area contributed by atoms with E-state index in [0.717, 1.165) is 28.6 Å². The molecule has 0 unspecified atom stereocenters. The summed E-state index contributed by atoms with van der Waals surface area (Å²) in [6.45, 7) is 4.37. The highest BCUT2D eigenvalue weighted by molar-refractivity contribution is 6.04. The third-order valence-electron chi connectivity index (χ3n) is 4.77. The van der Waals surface area contributed by atoms with Crippen LogP contribution >= 0.6 is 0 Å². The molecule has 0 aliphatic heterocycles. The van der Waals surface area contributed by atoms with E-state index in [2.05, 4.69) is 15.4 Å². The molecule has 1 N–H and O–H groups in total. The topological polar surface area (TPSA) is 82.2 Å². The Morgan fingerprint density at radius 2 is 1.97 bits per heavy atom. The number of oxazole rings is 1. The Balaban J connectivity index is 1.46. The molecule has 1 amide bonds. The van der Waals surface area contributed by atoms with Crippen molar-refractivity contribution in [3.8, 4) is 17.2 Å². The maximum atomic E-state index is 13.8. The summed E-state index contributed by atoms with van der Waals surface area (Å²) in [6, 6.07) is 11.1. The van der Waals surface area contributed by atoms with Crippen LogP contribution in [0.5, 0.6) is 5.75 Å². The van der Waals surface area contributed by atoms with E-state index < -0.39 is 11.7 Å². The van der Waals surface area contributed by atoms with Gasteiger partial charge in [-0.3, -0.25) is 9.48 Å². The highest BCUT2D eigenvalue weighted by atomic mass is 19.1. The Hall–Kier alpha value is -3.94. The van der Waals surface area contributed by atoms with Crippen LogP contribution in [0.1, 0.15) is 27.4 Å². The maximum Gasteiger partial charge on any atom is 0.255 e. The number of anilines is 1. The fourth-order valence-electron chi connectivity index (χ4n) is 3.11. The first kappa shape index (κ1) is 20.3. The Kier molecular flexibility index (Phi) is 5.53. The Morgan fingerprint density at radius 3 is 2.61 bits per heavy atom. The first-order valence-corrected chi connectivity index (χ1v) is 9.63. The van der Waals surface area contributed by atoms with Gasteiger partial charge in [0, 0.05) is 23.0 Å². The van der Waals surface area contributed by atoms with E-state index in [-0.39, 0.29) is 11.3 Å². The van der Waals surface area contributed by atoms with Crippen molar-refractivity contribution in [2.24, 2.45) is 0 Å². The molecule has 0 saturated heterocycles. The number of hydrogen-bond donors (Lipinski definition) is 1. The number of hydrogen-bond acceptors (Lipinski definition) is 5. The minimum Gasteiger partial charge on any atom is -0.494 e. The molecule has 8 heteroatoms. The zero-order chi connectivity index (χ0) is 22.0. The summed E-state index contributed by atoms with van der Waals surface area (Å²) < 4.78 is 26.3. The SMILES string of the molecule is COc1ccc(C(=O)Nc2ccc(-c3nc(Cn4cc(C)cn4)c(C)o3)cc2)cc1F. The molecule has 0 atom stereocenters. The van der Waals surface area contributed by atoms with Crippen molar-refractivity contribution >= 4 is 11.6 Å². The van der Waals surface area contributed by atoms with Gasteiger partial charge in [0.15, 0.2) is 11.6 Å². The summed E-state index contributed by atoms with van der Waals surface area (Å²) in [5.41, 5.74) is 3.43. The number of benzene rings is 2. The summed E-state index contributed by atoms with van der Waals surface area (Å²) in [5, 5.41) is 7.02. The fourth-order valence-corrected chi connectivity index (χ4v) is 3.11. The second-order valence-corrected chi connectivity index (χ2v) is 7.12. The number of nitrogens with one attached hydrogen (secondary N) is 1. The molecule has 0 spiro atoms. The van der Waals surface area contributed by atoms with Gasteiger partial charge in [0.2, 0.25) is 5.89 Å². The van der Waals surface area contributed by atoms with Crippen LogP contribution in [0.3, 0.4) is 0 Å². The molecule has 31 heavy (non-hydrogen) atoms. The molecule has 0 fully saturated rings. The number of carbonyl (C=O) groups is 1. The molecule has 0 bridgehead atoms. The predicted octanol–water partition coefficient (Wildman–Crippen LogP) is 4.60. The standard InChI is InChI=1S/C23H21FN4O3/c1-14-11-25-28(12-14)13-20-15(2)31-23(27-20)16-4-7-18(8-5-16)26-22(29)17-6-9-21(30-3)19(24)10-17/h4-12H,13H2,1-3H3,(H,26,29). The van der Waals surface area contributed by atoms with Crippen molar-refractivity contribution in [2.45, 2.75) is 20.4 Å². The van der Waals surface area contributed by atoms with Crippen molar-refractivity contribution < 1.29 is 18.3 Å². The van der Waals surface area contributed by atoms with Crippen LogP contribution in [-0.4, -0.2) is 27.8 Å². The average molecular weight is 420 g/mol. The van der Waals surface area contributed by atoms with E-state index in [1.54, 1.807) is 30.5 Å². The summed E-state index contributed by atoms with van der Waals surface area (Å²) in [7, 11) is 1.37. The monoisotopic (exact) mass is 420 g/mol. The van der Waals surface area contributed by atoms with E-state index in [0.29, 0.717) is 18.1 Å². The number of aryl methyl sites for hydroxylation is 2. The third kappa shape index (κ3) is 4.48. The number of halogens is 1. The molecule has 2 aromatic heterocycles. The van der Waals surface area contributed by atoms with E-state index in [9.17, 15) is 9.18 Å². The lowest BCUT2D eigenvalue weighted by Gasteiger charge is -2.07. The second-order valence-electron chi connectivity index (χ2n) is 7.12. The number of rotatable bonds is 6. The summed E-state index contributed by atoms with van der Waals surface area (Å²) >= 11 is 0. The van der Waals surface area contributed by atoms with Crippen molar-refractivity contribution in [3.05, 3.63) is 83.3 Å². The summed E-state index contributed by atoms with van der Waals surface area (Å²) in [6.07, 6.45) is 3.74. The molecular formula is C23H21FN4O3. The number of aromatic nitrogens is 3. The van der Waals surface area contributed by atoms with Gasteiger partial charge in [0.05, 0.1) is 19.9 Å². The molecule has 2 aromatic carbocycles. The van der Waals surface area contributed by atoms with Crippen LogP contribution in [0, 0.1) is 19.7 Å². The van der Waals surface area contributed by atoms with Crippen molar-refractivity contribution in [2.75, 3.05) is 12.4 Å². The lowest BCUT2D eigenvalue weighted by atomic mass is 10.1. The van der Waals surface area contributed by atoms with Crippen LogP contribution < -0.4 is 10.1 Å². The number of nitrogens with zero attached hydrogens (tertiary/aromatic N) is 3. The van der Waals surface area contributed by atoms with Crippen LogP contribution in [0.2, 0.25) is 0 Å². The lowest BCUT2D eigenvalue weighted by Crippen LogP contribution is -2.12. The molecule has 0 radical (unpaired) electrons. The van der Waals surface area contributed by atoms with Gasteiger partial charge >= 0.3 is 0 Å². The van der Waals surface area contributed by atoms with Gasteiger partial charge in [-0.2, -0.15) is 5.10 Å².